The van der Waals surface area contributed by atoms with Gasteiger partial charge in [-0.2, -0.15) is 0 Å². The lowest BCUT2D eigenvalue weighted by molar-refractivity contribution is 0.170. The van der Waals surface area contributed by atoms with Gasteiger partial charge in [-0.25, -0.2) is 0 Å². The predicted octanol–water partition coefficient (Wildman–Crippen LogP) is 1.70. The van der Waals surface area contributed by atoms with Gasteiger partial charge in [-0.3, -0.25) is 4.98 Å². The van der Waals surface area contributed by atoms with Crippen LogP contribution >= 0.6 is 0 Å². The molecule has 1 aromatic carbocycles. The summed E-state index contributed by atoms with van der Waals surface area (Å²) in [5.74, 6) is 0. The van der Waals surface area contributed by atoms with E-state index in [1.165, 1.54) is 0 Å². The molecule has 1 aromatic heterocycles. The molecule has 0 spiro atoms. The maximum absolute atomic E-state index is 9.79. The number of benzene rings is 1. The second-order valence-electron chi connectivity index (χ2n) is 4.07. The molecule has 4 nitrogen and oxygen atoms in total. The zero-order chi connectivity index (χ0) is 12.3. The zero-order valence-electron chi connectivity index (χ0n) is 9.80. The van der Waals surface area contributed by atoms with E-state index in [-0.39, 0.29) is 6.04 Å². The third-order valence-corrected chi connectivity index (χ3v) is 2.79. The fraction of sp³-hybridized carbons (Fsp3) is 0.308. The number of anilines is 1. The molecule has 0 saturated carbocycles. The van der Waals surface area contributed by atoms with Crippen molar-refractivity contribution in [2.45, 2.75) is 25.6 Å². The van der Waals surface area contributed by atoms with Crippen LogP contribution in [0.25, 0.3) is 10.9 Å². The Morgan fingerprint density at radius 3 is 3.00 bits per heavy atom. The standard InChI is InChI=1S/C13H17N3O/c1-2-11(14)13(17)16-10-5-6-12-9(8-10)4-3-7-15-12/h3-8,11,13,16-17H,2,14H2,1H3. The first-order chi connectivity index (χ1) is 8.20. The van der Waals surface area contributed by atoms with Crippen LogP contribution in [0.5, 0.6) is 0 Å². The molecule has 0 aliphatic rings. The number of nitrogens with two attached hydrogens (primary N) is 1. The van der Waals surface area contributed by atoms with E-state index in [0.29, 0.717) is 0 Å². The van der Waals surface area contributed by atoms with Crippen LogP contribution < -0.4 is 11.1 Å². The van der Waals surface area contributed by atoms with Crippen molar-refractivity contribution in [3.63, 3.8) is 0 Å². The smallest absolute Gasteiger partial charge is 0.139 e. The summed E-state index contributed by atoms with van der Waals surface area (Å²) in [6.07, 6.45) is 1.76. The van der Waals surface area contributed by atoms with E-state index in [1.807, 2.05) is 37.3 Å². The number of nitrogens with zero attached hydrogens (tertiary/aromatic N) is 1. The summed E-state index contributed by atoms with van der Waals surface area (Å²) in [6, 6.07) is 9.37. The number of fused-ring (bicyclic) bond motifs is 1. The molecular formula is C13H17N3O. The largest absolute Gasteiger partial charge is 0.372 e. The first kappa shape index (κ1) is 11.8. The van der Waals surface area contributed by atoms with Crippen LogP contribution in [-0.2, 0) is 0 Å². The minimum Gasteiger partial charge on any atom is -0.372 e. The molecule has 1 heterocycles. The Hall–Kier alpha value is -1.65. The lowest BCUT2D eigenvalue weighted by atomic mass is 10.1. The predicted molar refractivity (Wildman–Crippen MR) is 69.6 cm³/mol. The number of aromatic nitrogens is 1. The van der Waals surface area contributed by atoms with E-state index in [4.69, 9.17) is 5.73 Å². The number of nitrogens with one attached hydrogen (secondary N) is 1. The van der Waals surface area contributed by atoms with Gasteiger partial charge < -0.3 is 16.2 Å². The van der Waals surface area contributed by atoms with Gasteiger partial charge in [0.05, 0.1) is 5.52 Å². The highest BCUT2D eigenvalue weighted by atomic mass is 16.3. The van der Waals surface area contributed by atoms with E-state index >= 15 is 0 Å². The highest BCUT2D eigenvalue weighted by Gasteiger charge is 2.11. The summed E-state index contributed by atoms with van der Waals surface area (Å²) in [4.78, 5) is 4.24. The number of pyridine rings is 1. The van der Waals surface area contributed by atoms with E-state index in [0.717, 1.165) is 23.0 Å². The van der Waals surface area contributed by atoms with Crippen molar-refractivity contribution in [2.75, 3.05) is 5.32 Å². The Morgan fingerprint density at radius 1 is 1.41 bits per heavy atom. The SMILES string of the molecule is CCC(N)C(O)Nc1ccc2ncccc2c1. The summed E-state index contributed by atoms with van der Waals surface area (Å²) >= 11 is 0. The van der Waals surface area contributed by atoms with Gasteiger partial charge in [-0.05, 0) is 30.7 Å². The van der Waals surface area contributed by atoms with Gasteiger partial charge in [0.25, 0.3) is 0 Å². The molecule has 0 bridgehead atoms. The van der Waals surface area contributed by atoms with Crippen LogP contribution in [0.4, 0.5) is 5.69 Å². The average Bonchev–Trinajstić information content (AvgIpc) is 2.37. The molecule has 0 aliphatic heterocycles. The summed E-state index contributed by atoms with van der Waals surface area (Å²) in [6.45, 7) is 1.94. The zero-order valence-corrected chi connectivity index (χ0v) is 9.80. The van der Waals surface area contributed by atoms with Crippen LogP contribution in [0.15, 0.2) is 36.5 Å². The van der Waals surface area contributed by atoms with Crippen LogP contribution in [-0.4, -0.2) is 22.4 Å². The first-order valence-electron chi connectivity index (χ1n) is 5.75. The highest BCUT2D eigenvalue weighted by Crippen LogP contribution is 2.17. The molecule has 0 fully saturated rings. The van der Waals surface area contributed by atoms with Gasteiger partial charge in [-0.15, -0.1) is 0 Å². The lowest BCUT2D eigenvalue weighted by Crippen LogP contribution is -2.39. The minimum atomic E-state index is -0.728. The third-order valence-electron chi connectivity index (χ3n) is 2.79. The molecule has 4 N–H and O–H groups in total. The van der Waals surface area contributed by atoms with Crippen molar-refractivity contribution in [1.29, 1.82) is 0 Å². The summed E-state index contributed by atoms with van der Waals surface area (Å²) in [5.41, 5.74) is 7.54. The number of aliphatic hydroxyl groups is 1. The van der Waals surface area contributed by atoms with Crippen molar-refractivity contribution in [3.05, 3.63) is 36.5 Å². The van der Waals surface area contributed by atoms with E-state index in [1.54, 1.807) is 6.20 Å². The molecule has 17 heavy (non-hydrogen) atoms. The normalized spacial score (nSPS) is 14.5. The molecular weight excluding hydrogens is 214 g/mol. The molecule has 0 aliphatic carbocycles. The van der Waals surface area contributed by atoms with Crippen LogP contribution in [0.2, 0.25) is 0 Å². The minimum absolute atomic E-state index is 0.264. The van der Waals surface area contributed by atoms with E-state index in [2.05, 4.69) is 10.3 Å². The Bertz CT molecular complexity index is 501. The van der Waals surface area contributed by atoms with E-state index in [9.17, 15) is 5.11 Å². The number of aliphatic hydroxyl groups excluding tert-OH is 1. The van der Waals surface area contributed by atoms with Crippen molar-refractivity contribution in [3.8, 4) is 0 Å². The summed E-state index contributed by atoms with van der Waals surface area (Å²) < 4.78 is 0. The Morgan fingerprint density at radius 2 is 2.24 bits per heavy atom. The summed E-state index contributed by atoms with van der Waals surface area (Å²) in [7, 11) is 0. The maximum atomic E-state index is 9.79. The molecule has 2 rings (SSSR count). The van der Waals surface area contributed by atoms with Gasteiger partial charge in [0.2, 0.25) is 0 Å². The Labute approximate surface area is 100 Å². The van der Waals surface area contributed by atoms with Gasteiger partial charge in [0.15, 0.2) is 0 Å². The van der Waals surface area contributed by atoms with Crippen molar-refractivity contribution < 1.29 is 5.11 Å². The van der Waals surface area contributed by atoms with Crippen molar-refractivity contribution in [2.24, 2.45) is 5.73 Å². The monoisotopic (exact) mass is 231 g/mol. The van der Waals surface area contributed by atoms with Gasteiger partial charge in [-0.1, -0.05) is 13.0 Å². The fourth-order valence-corrected chi connectivity index (χ4v) is 1.67. The van der Waals surface area contributed by atoms with Gasteiger partial charge in [0, 0.05) is 23.3 Å². The quantitative estimate of drug-likeness (QED) is 0.700. The Balaban J connectivity index is 2.19. The molecule has 4 heteroatoms. The molecule has 0 radical (unpaired) electrons. The molecule has 0 saturated heterocycles. The van der Waals surface area contributed by atoms with Gasteiger partial charge >= 0.3 is 0 Å². The van der Waals surface area contributed by atoms with Crippen LogP contribution in [0.1, 0.15) is 13.3 Å². The Kier molecular flexibility index (Phi) is 3.56. The molecule has 90 valence electrons. The average molecular weight is 231 g/mol. The number of hydrogen-bond acceptors (Lipinski definition) is 4. The topological polar surface area (TPSA) is 71.2 Å². The van der Waals surface area contributed by atoms with Crippen molar-refractivity contribution >= 4 is 16.6 Å². The van der Waals surface area contributed by atoms with E-state index < -0.39 is 6.23 Å². The lowest BCUT2D eigenvalue weighted by Gasteiger charge is -2.19. The molecule has 2 unspecified atom stereocenters. The van der Waals surface area contributed by atoms with Crippen LogP contribution in [0.3, 0.4) is 0 Å². The van der Waals surface area contributed by atoms with Gasteiger partial charge in [0.1, 0.15) is 6.23 Å². The van der Waals surface area contributed by atoms with Crippen molar-refractivity contribution in [1.82, 2.24) is 4.98 Å². The first-order valence-corrected chi connectivity index (χ1v) is 5.75. The number of hydrogen-bond donors (Lipinski definition) is 3. The summed E-state index contributed by atoms with van der Waals surface area (Å²) in [5, 5.41) is 13.8. The molecule has 0 amide bonds. The second kappa shape index (κ2) is 5.12. The highest BCUT2D eigenvalue weighted by molar-refractivity contribution is 5.82. The second-order valence-corrected chi connectivity index (χ2v) is 4.07. The molecule has 2 aromatic rings. The fourth-order valence-electron chi connectivity index (χ4n) is 1.67. The van der Waals surface area contributed by atoms with Crippen LogP contribution in [0, 0.1) is 0 Å². The number of rotatable bonds is 4. The maximum Gasteiger partial charge on any atom is 0.139 e. The molecule has 2 atom stereocenters. The third kappa shape index (κ3) is 2.72.